The summed E-state index contributed by atoms with van der Waals surface area (Å²) < 4.78 is 5.33. The summed E-state index contributed by atoms with van der Waals surface area (Å²) >= 11 is 0. The van der Waals surface area contributed by atoms with E-state index < -0.39 is 0 Å². The summed E-state index contributed by atoms with van der Waals surface area (Å²) in [5, 5.41) is 3.99. The smallest absolute Gasteiger partial charge is 0.326 e. The Balaban J connectivity index is 1.78. The number of aromatic amines is 1. The number of nitrogens with one attached hydrogen (secondary N) is 2. The van der Waals surface area contributed by atoms with Gasteiger partial charge in [-0.15, -0.1) is 0 Å². The molecule has 4 rings (SSSR count). The SMILES string of the molecule is CCCCN(C(=O)Nc1c(C(C)C)cc(-c2ccc(OC)cc2)cc1C(C)C)c1cc2cccnc2[nH]c1=O. The maximum Gasteiger partial charge on any atom is 0.326 e. The van der Waals surface area contributed by atoms with Crippen LogP contribution in [0, 0.1) is 0 Å². The Hall–Kier alpha value is -4.13. The lowest BCUT2D eigenvalue weighted by atomic mass is 9.88. The molecule has 0 unspecified atom stereocenters. The molecule has 0 saturated heterocycles. The van der Waals surface area contributed by atoms with Crippen molar-refractivity contribution in [2.75, 3.05) is 23.9 Å². The minimum atomic E-state index is -0.338. The van der Waals surface area contributed by atoms with Gasteiger partial charge in [-0.25, -0.2) is 9.78 Å². The molecule has 39 heavy (non-hydrogen) atoms. The van der Waals surface area contributed by atoms with Crippen molar-refractivity contribution in [3.8, 4) is 16.9 Å². The summed E-state index contributed by atoms with van der Waals surface area (Å²) in [6.07, 6.45) is 3.29. The van der Waals surface area contributed by atoms with Crippen LogP contribution in [0.2, 0.25) is 0 Å². The number of anilines is 2. The van der Waals surface area contributed by atoms with Crippen molar-refractivity contribution < 1.29 is 9.53 Å². The summed E-state index contributed by atoms with van der Waals surface area (Å²) in [6, 6.07) is 17.4. The van der Waals surface area contributed by atoms with Gasteiger partial charge in [-0.2, -0.15) is 0 Å². The average molecular weight is 527 g/mol. The number of urea groups is 1. The second kappa shape index (κ2) is 12.2. The summed E-state index contributed by atoms with van der Waals surface area (Å²) in [5.41, 5.74) is 5.55. The molecule has 0 atom stereocenters. The number of rotatable bonds is 9. The Bertz CT molecular complexity index is 1480. The van der Waals surface area contributed by atoms with E-state index in [0.717, 1.165) is 51.9 Å². The van der Waals surface area contributed by atoms with Gasteiger partial charge in [0, 0.05) is 23.8 Å². The largest absolute Gasteiger partial charge is 0.497 e. The van der Waals surface area contributed by atoms with Gasteiger partial charge in [0.1, 0.15) is 17.1 Å². The van der Waals surface area contributed by atoms with E-state index in [9.17, 15) is 9.59 Å². The van der Waals surface area contributed by atoms with Crippen molar-refractivity contribution in [2.45, 2.75) is 59.3 Å². The van der Waals surface area contributed by atoms with E-state index in [4.69, 9.17) is 4.74 Å². The number of carbonyl (C=O) groups is 1. The van der Waals surface area contributed by atoms with Gasteiger partial charge in [-0.1, -0.05) is 53.2 Å². The molecule has 0 saturated carbocycles. The van der Waals surface area contributed by atoms with Crippen molar-refractivity contribution in [3.05, 3.63) is 82.3 Å². The predicted molar refractivity (Wildman–Crippen MR) is 160 cm³/mol. The standard InChI is InChI=1S/C32H38N4O3/c1-7-8-16-36(28-19-23-10-9-15-33-30(23)35-31(28)37)32(38)34-29-26(20(2)3)17-24(18-27(29)21(4)5)22-11-13-25(39-6)14-12-22/h9-15,17-21H,7-8,16H2,1-6H3,(H,34,38)(H,33,35,37). The fourth-order valence-corrected chi connectivity index (χ4v) is 4.74. The summed E-state index contributed by atoms with van der Waals surface area (Å²) in [4.78, 5) is 35.6. The lowest BCUT2D eigenvalue weighted by molar-refractivity contribution is 0.256. The second-order valence-electron chi connectivity index (χ2n) is 10.4. The summed E-state index contributed by atoms with van der Waals surface area (Å²) in [5.74, 6) is 1.13. The summed E-state index contributed by atoms with van der Waals surface area (Å²) in [7, 11) is 1.66. The molecule has 0 fully saturated rings. The monoisotopic (exact) mass is 526 g/mol. The number of fused-ring (bicyclic) bond motifs is 1. The maximum absolute atomic E-state index is 13.9. The van der Waals surface area contributed by atoms with Crippen LogP contribution in [-0.4, -0.2) is 29.7 Å². The number of nitrogens with zero attached hydrogens (tertiary/aromatic N) is 2. The zero-order valence-corrected chi connectivity index (χ0v) is 23.7. The van der Waals surface area contributed by atoms with Gasteiger partial charge in [0.2, 0.25) is 0 Å². The summed E-state index contributed by atoms with van der Waals surface area (Å²) in [6.45, 7) is 11.0. The van der Waals surface area contributed by atoms with Gasteiger partial charge in [0.05, 0.1) is 7.11 Å². The number of amides is 2. The molecule has 204 valence electrons. The Morgan fingerprint density at radius 2 is 1.67 bits per heavy atom. The van der Waals surface area contributed by atoms with E-state index >= 15 is 0 Å². The molecule has 2 aromatic heterocycles. The Labute approximate surface area is 230 Å². The molecule has 2 aromatic carbocycles. The molecule has 0 spiro atoms. The quantitative estimate of drug-likeness (QED) is 0.234. The Morgan fingerprint density at radius 1 is 1.00 bits per heavy atom. The lowest BCUT2D eigenvalue weighted by Crippen LogP contribution is -2.39. The van der Waals surface area contributed by atoms with Crippen LogP contribution in [0.4, 0.5) is 16.2 Å². The van der Waals surface area contributed by atoms with Crippen LogP contribution >= 0.6 is 0 Å². The van der Waals surface area contributed by atoms with E-state index in [0.29, 0.717) is 17.9 Å². The van der Waals surface area contributed by atoms with E-state index in [1.54, 1.807) is 24.3 Å². The van der Waals surface area contributed by atoms with Crippen molar-refractivity contribution in [1.29, 1.82) is 0 Å². The number of carbonyl (C=O) groups excluding carboxylic acids is 1. The molecule has 0 aliphatic heterocycles. The van der Waals surface area contributed by atoms with E-state index in [2.05, 4.69) is 62.0 Å². The third-order valence-corrected chi connectivity index (χ3v) is 6.97. The zero-order valence-electron chi connectivity index (χ0n) is 23.7. The Kier molecular flexibility index (Phi) is 8.69. The van der Waals surface area contributed by atoms with Gasteiger partial charge < -0.3 is 15.0 Å². The number of benzene rings is 2. The molecule has 7 heteroatoms. The first-order valence-corrected chi connectivity index (χ1v) is 13.6. The molecule has 2 N–H and O–H groups in total. The number of hydrogen-bond acceptors (Lipinski definition) is 4. The molecule has 0 aliphatic carbocycles. The van der Waals surface area contributed by atoms with Gasteiger partial charge in [0.15, 0.2) is 0 Å². The fourth-order valence-electron chi connectivity index (χ4n) is 4.74. The first kappa shape index (κ1) is 27.9. The normalized spacial score (nSPS) is 11.3. The third-order valence-electron chi connectivity index (χ3n) is 6.97. The topological polar surface area (TPSA) is 87.3 Å². The van der Waals surface area contributed by atoms with Gasteiger partial charge in [-0.3, -0.25) is 9.69 Å². The average Bonchev–Trinajstić information content (AvgIpc) is 2.93. The van der Waals surface area contributed by atoms with E-state index in [-0.39, 0.29) is 23.4 Å². The number of pyridine rings is 2. The molecule has 0 bridgehead atoms. The number of H-pyrrole nitrogens is 1. The molecule has 2 amide bonds. The number of aromatic nitrogens is 2. The predicted octanol–water partition coefficient (Wildman–Crippen LogP) is 7.68. The van der Waals surface area contributed by atoms with Crippen LogP contribution in [0.25, 0.3) is 22.2 Å². The fraction of sp³-hybridized carbons (Fsp3) is 0.344. The first-order chi connectivity index (χ1) is 18.7. The first-order valence-electron chi connectivity index (χ1n) is 13.6. The maximum atomic E-state index is 13.9. The number of hydrogen-bond donors (Lipinski definition) is 2. The molecule has 0 aliphatic rings. The third kappa shape index (κ3) is 6.14. The highest BCUT2D eigenvalue weighted by molar-refractivity contribution is 6.03. The second-order valence-corrected chi connectivity index (χ2v) is 10.4. The minimum Gasteiger partial charge on any atom is -0.497 e. The highest BCUT2D eigenvalue weighted by Gasteiger charge is 2.24. The van der Waals surface area contributed by atoms with E-state index in [1.165, 1.54) is 0 Å². The molecule has 0 radical (unpaired) electrons. The zero-order chi connectivity index (χ0) is 28.1. The van der Waals surface area contributed by atoms with E-state index in [1.807, 2.05) is 36.4 Å². The van der Waals surface area contributed by atoms with Crippen LogP contribution in [0.1, 0.15) is 70.4 Å². The molecular weight excluding hydrogens is 488 g/mol. The van der Waals surface area contributed by atoms with Crippen LogP contribution in [0.15, 0.2) is 65.6 Å². The number of ether oxygens (including phenoxy) is 1. The Morgan fingerprint density at radius 3 is 2.26 bits per heavy atom. The van der Waals surface area contributed by atoms with Crippen molar-refractivity contribution in [1.82, 2.24) is 9.97 Å². The molecule has 7 nitrogen and oxygen atoms in total. The van der Waals surface area contributed by atoms with Gasteiger partial charge in [0.25, 0.3) is 5.56 Å². The highest BCUT2D eigenvalue weighted by atomic mass is 16.5. The van der Waals surface area contributed by atoms with Crippen LogP contribution in [-0.2, 0) is 0 Å². The molecule has 4 aromatic rings. The van der Waals surface area contributed by atoms with Crippen LogP contribution in [0.3, 0.4) is 0 Å². The molecule has 2 heterocycles. The van der Waals surface area contributed by atoms with Crippen molar-refractivity contribution in [3.63, 3.8) is 0 Å². The molecular formula is C32H38N4O3. The minimum absolute atomic E-state index is 0.162. The number of unbranched alkanes of at least 4 members (excludes halogenated alkanes) is 1. The van der Waals surface area contributed by atoms with Crippen LogP contribution < -0.4 is 20.5 Å². The van der Waals surface area contributed by atoms with Crippen molar-refractivity contribution >= 4 is 28.4 Å². The van der Waals surface area contributed by atoms with Crippen LogP contribution in [0.5, 0.6) is 5.75 Å². The number of methoxy groups -OCH3 is 1. The van der Waals surface area contributed by atoms with Crippen molar-refractivity contribution in [2.24, 2.45) is 0 Å². The van der Waals surface area contributed by atoms with Gasteiger partial charge >= 0.3 is 6.03 Å². The lowest BCUT2D eigenvalue weighted by Gasteiger charge is -2.27. The van der Waals surface area contributed by atoms with Gasteiger partial charge in [-0.05, 0) is 83.0 Å². The highest BCUT2D eigenvalue weighted by Crippen LogP contribution is 2.38.